The Hall–Kier alpha value is -1.16. The fourth-order valence-electron chi connectivity index (χ4n) is 1.91. The third-order valence-corrected chi connectivity index (χ3v) is 2.91. The molecule has 1 N–H and O–H groups in total. The van der Waals surface area contributed by atoms with Crippen molar-refractivity contribution in [2.24, 2.45) is 0 Å². The minimum absolute atomic E-state index is 0. The molecule has 0 amide bonds. The van der Waals surface area contributed by atoms with E-state index < -0.39 is 11.6 Å². The van der Waals surface area contributed by atoms with Crippen molar-refractivity contribution in [1.82, 2.24) is 0 Å². The van der Waals surface area contributed by atoms with Crippen molar-refractivity contribution in [2.75, 3.05) is 0 Å². The van der Waals surface area contributed by atoms with Gasteiger partial charge in [0.05, 0.1) is 0 Å². The largest absolute Gasteiger partial charge is 0.507 e. The molecule has 0 fully saturated rings. The predicted octanol–water partition coefficient (Wildman–Crippen LogP) is 2.70. The minimum Gasteiger partial charge on any atom is -0.507 e. The molecule has 1 radical (unpaired) electrons. The van der Waals surface area contributed by atoms with Crippen molar-refractivity contribution in [3.05, 3.63) is 52.6 Å². The maximum absolute atomic E-state index is 11.9. The quantitative estimate of drug-likeness (QED) is 0.508. The molecular weight excluding hydrogens is 251 g/mol. The molecule has 3 nitrogen and oxygen atoms in total. The van der Waals surface area contributed by atoms with Gasteiger partial charge in [-0.1, -0.05) is 35.9 Å². The van der Waals surface area contributed by atoms with Crippen molar-refractivity contribution in [3.63, 3.8) is 0 Å². The third kappa shape index (κ3) is 3.06. The number of allylic oxidation sites excluding steroid dienone is 3. The van der Waals surface area contributed by atoms with Crippen LogP contribution in [0.4, 0.5) is 0 Å². The average Bonchev–Trinajstić information content (AvgIpc) is 2.36. The smallest absolute Gasteiger partial charge is 0.234 e. The number of carbonyl (C=O) groups is 2. The van der Waals surface area contributed by atoms with E-state index in [9.17, 15) is 14.7 Å². The Balaban J connectivity index is 0.00000180. The van der Waals surface area contributed by atoms with Crippen LogP contribution in [-0.2, 0) is 4.79 Å². The molecule has 1 aromatic carbocycles. The number of hydrogen-bond acceptors (Lipinski definition) is 3. The van der Waals surface area contributed by atoms with Crippen LogP contribution in [0, 0.1) is 0 Å². The Labute approximate surface area is 134 Å². The van der Waals surface area contributed by atoms with E-state index in [-0.39, 0.29) is 52.9 Å². The first kappa shape index (κ1) is 15.9. The number of benzene rings is 1. The first-order valence-corrected chi connectivity index (χ1v) is 5.76. The van der Waals surface area contributed by atoms with Crippen LogP contribution in [0.1, 0.15) is 36.2 Å². The minimum atomic E-state index is -0.608. The van der Waals surface area contributed by atoms with Gasteiger partial charge in [0.1, 0.15) is 5.76 Å². The Morgan fingerprint density at radius 2 is 1.68 bits per heavy atom. The number of rotatable bonds is 2. The fourth-order valence-corrected chi connectivity index (χ4v) is 1.91. The molecule has 0 saturated heterocycles. The second kappa shape index (κ2) is 6.33. The number of aliphatic hydroxyl groups is 1. The van der Waals surface area contributed by atoms with E-state index in [2.05, 4.69) is 0 Å². The second-order valence-electron chi connectivity index (χ2n) is 4.52. The molecule has 0 aliphatic heterocycles. The molecule has 0 unspecified atom stereocenters. The van der Waals surface area contributed by atoms with Gasteiger partial charge in [-0.2, -0.15) is 0 Å². The van der Waals surface area contributed by atoms with Crippen LogP contribution in [-0.4, -0.2) is 46.2 Å². The van der Waals surface area contributed by atoms with Crippen molar-refractivity contribution >= 4 is 46.9 Å². The molecular formula is C15H14NaO3. The van der Waals surface area contributed by atoms with E-state index in [0.29, 0.717) is 5.56 Å². The van der Waals surface area contributed by atoms with Crippen LogP contribution in [0.25, 0.3) is 5.76 Å². The van der Waals surface area contributed by atoms with E-state index in [0.717, 1.165) is 5.57 Å². The van der Waals surface area contributed by atoms with Crippen LogP contribution in [0.2, 0.25) is 0 Å². The van der Waals surface area contributed by atoms with E-state index >= 15 is 0 Å². The number of carbonyl (C=O) groups excluding carboxylic acids is 2. The van der Waals surface area contributed by atoms with Crippen LogP contribution < -0.4 is 0 Å². The summed E-state index contributed by atoms with van der Waals surface area (Å²) in [7, 11) is 0. The average molecular weight is 265 g/mol. The van der Waals surface area contributed by atoms with Crippen LogP contribution in [0.5, 0.6) is 0 Å². The van der Waals surface area contributed by atoms with Crippen LogP contribution >= 0.6 is 0 Å². The summed E-state index contributed by atoms with van der Waals surface area (Å²) >= 11 is 0. The predicted molar refractivity (Wildman–Crippen MR) is 75.1 cm³/mol. The first-order chi connectivity index (χ1) is 8.52. The van der Waals surface area contributed by atoms with Gasteiger partial charge in [-0.25, -0.2) is 0 Å². The van der Waals surface area contributed by atoms with E-state index in [4.69, 9.17) is 0 Å². The Morgan fingerprint density at radius 3 is 2.26 bits per heavy atom. The van der Waals surface area contributed by atoms with Crippen molar-refractivity contribution in [1.29, 1.82) is 0 Å². The maximum Gasteiger partial charge on any atom is 0.234 e. The van der Waals surface area contributed by atoms with Crippen molar-refractivity contribution in [3.8, 4) is 0 Å². The SMILES string of the molecule is CC(C)=CCC1=C(O)c2ccccc2C(=O)C1=O.[Na]. The molecule has 0 aromatic heterocycles. The van der Waals surface area contributed by atoms with Gasteiger partial charge < -0.3 is 5.11 Å². The molecule has 0 heterocycles. The van der Waals surface area contributed by atoms with Gasteiger partial charge in [0.15, 0.2) is 0 Å². The molecule has 0 spiro atoms. The van der Waals surface area contributed by atoms with Gasteiger partial charge in [-0.05, 0) is 20.3 Å². The number of hydrogen-bond donors (Lipinski definition) is 1. The molecule has 93 valence electrons. The van der Waals surface area contributed by atoms with Gasteiger partial charge in [0.25, 0.3) is 0 Å². The summed E-state index contributed by atoms with van der Waals surface area (Å²) in [5.41, 5.74) is 1.94. The second-order valence-corrected chi connectivity index (χ2v) is 4.52. The van der Waals surface area contributed by atoms with Crippen molar-refractivity contribution in [2.45, 2.75) is 20.3 Å². The Bertz CT molecular complexity index is 593. The van der Waals surface area contributed by atoms with Crippen molar-refractivity contribution < 1.29 is 14.7 Å². The summed E-state index contributed by atoms with van der Waals surface area (Å²) in [6.45, 7) is 3.81. The molecule has 0 atom stereocenters. The normalized spacial score (nSPS) is 13.8. The molecule has 4 heteroatoms. The summed E-state index contributed by atoms with van der Waals surface area (Å²) in [5.74, 6) is -1.23. The Kier molecular flexibility index (Phi) is 5.29. The molecule has 2 rings (SSSR count). The summed E-state index contributed by atoms with van der Waals surface area (Å²) in [6.07, 6.45) is 2.11. The zero-order valence-corrected chi connectivity index (χ0v) is 13.4. The fraction of sp³-hybridized carbons (Fsp3) is 0.200. The number of fused-ring (bicyclic) bond motifs is 1. The topological polar surface area (TPSA) is 54.4 Å². The number of Topliss-reactive ketones (excluding diaryl/α,β-unsaturated/α-hetero) is 2. The molecule has 0 bridgehead atoms. The molecule has 0 saturated carbocycles. The third-order valence-electron chi connectivity index (χ3n) is 2.91. The summed E-state index contributed by atoms with van der Waals surface area (Å²) in [5, 5.41) is 10.1. The number of aliphatic hydroxyl groups excluding tert-OH is 1. The van der Waals surface area contributed by atoms with Gasteiger partial charge in [0, 0.05) is 46.3 Å². The molecule has 1 aliphatic rings. The monoisotopic (exact) mass is 265 g/mol. The Morgan fingerprint density at radius 1 is 1.11 bits per heavy atom. The standard InChI is InChI=1S/C15H14O3.Na/c1-9(2)7-8-12-13(16)10-5-3-4-6-11(10)14(17)15(12)18;/h3-7,16H,8H2,1-2H3;. The van der Waals surface area contributed by atoms with Gasteiger partial charge in [0.2, 0.25) is 11.6 Å². The van der Waals surface area contributed by atoms with Gasteiger partial charge in [-0.15, -0.1) is 0 Å². The zero-order valence-electron chi connectivity index (χ0n) is 11.4. The number of ketones is 2. The molecule has 19 heavy (non-hydrogen) atoms. The van der Waals surface area contributed by atoms with Gasteiger partial charge >= 0.3 is 0 Å². The maximum atomic E-state index is 11.9. The first-order valence-electron chi connectivity index (χ1n) is 5.76. The van der Waals surface area contributed by atoms with E-state index in [1.807, 2.05) is 19.9 Å². The van der Waals surface area contributed by atoms with Crippen LogP contribution in [0.15, 0.2) is 41.5 Å². The molecule has 1 aliphatic carbocycles. The van der Waals surface area contributed by atoms with Crippen LogP contribution in [0.3, 0.4) is 0 Å². The summed E-state index contributed by atoms with van der Waals surface area (Å²) < 4.78 is 0. The van der Waals surface area contributed by atoms with Gasteiger partial charge in [-0.3, -0.25) is 9.59 Å². The summed E-state index contributed by atoms with van der Waals surface area (Å²) in [4.78, 5) is 23.8. The molecule has 1 aromatic rings. The zero-order chi connectivity index (χ0) is 13.3. The summed E-state index contributed by atoms with van der Waals surface area (Å²) in [6, 6.07) is 6.62. The van der Waals surface area contributed by atoms with E-state index in [1.54, 1.807) is 24.3 Å². The van der Waals surface area contributed by atoms with E-state index in [1.165, 1.54) is 0 Å².